The number of nitrogens with zero attached hydrogens (tertiary/aromatic N) is 1. The van der Waals surface area contributed by atoms with Crippen LogP contribution in [0.2, 0.25) is 0 Å². The van der Waals surface area contributed by atoms with Crippen molar-refractivity contribution in [3.63, 3.8) is 0 Å². The molecule has 0 fully saturated rings. The zero-order valence-corrected chi connectivity index (χ0v) is 15.6. The molecule has 126 valence electrons. The van der Waals surface area contributed by atoms with E-state index in [1.165, 1.54) is 10.4 Å². The van der Waals surface area contributed by atoms with Gasteiger partial charge >= 0.3 is 0 Å². The summed E-state index contributed by atoms with van der Waals surface area (Å²) in [7, 11) is 0. The molecule has 24 heavy (non-hydrogen) atoms. The van der Waals surface area contributed by atoms with Crippen LogP contribution in [0.1, 0.15) is 39.5 Å². The highest BCUT2D eigenvalue weighted by Gasteiger charge is 2.33. The largest absolute Gasteiger partial charge is 0.508 e. The monoisotopic (exact) mass is 407 g/mol. The second-order valence-electron chi connectivity index (χ2n) is 6.08. The van der Waals surface area contributed by atoms with Gasteiger partial charge in [-0.3, -0.25) is 9.69 Å². The average Bonchev–Trinajstić information content (AvgIpc) is 2.94. The van der Waals surface area contributed by atoms with E-state index in [1.54, 1.807) is 23.5 Å². The number of rotatable bonds is 2. The van der Waals surface area contributed by atoms with Gasteiger partial charge in [0.1, 0.15) is 16.9 Å². The smallest absolute Gasteiger partial charge is 0.256 e. The summed E-state index contributed by atoms with van der Waals surface area (Å²) >= 11 is 5.08. The number of carbonyl (C=O) groups is 1. The van der Waals surface area contributed by atoms with Crippen LogP contribution in [0, 0.1) is 0 Å². The summed E-state index contributed by atoms with van der Waals surface area (Å²) in [4.78, 5) is 16.4. The van der Waals surface area contributed by atoms with Crippen molar-refractivity contribution < 1.29 is 9.90 Å². The Morgan fingerprint density at radius 2 is 2.25 bits per heavy atom. The molecule has 1 aromatic carbocycles. The van der Waals surface area contributed by atoms with Gasteiger partial charge in [0, 0.05) is 28.0 Å². The number of fused-ring (bicyclic) bond motifs is 3. The summed E-state index contributed by atoms with van der Waals surface area (Å²) in [6.45, 7) is 5.09. The van der Waals surface area contributed by atoms with Gasteiger partial charge in [0.05, 0.1) is 5.56 Å². The first kappa shape index (κ1) is 15.9. The molecule has 5 nitrogen and oxygen atoms in total. The highest BCUT2D eigenvalue weighted by molar-refractivity contribution is 9.10. The highest BCUT2D eigenvalue weighted by atomic mass is 79.9. The first-order valence-corrected chi connectivity index (χ1v) is 9.60. The zero-order chi connectivity index (χ0) is 16.8. The Morgan fingerprint density at radius 3 is 3.04 bits per heavy atom. The molecule has 0 aliphatic carbocycles. The van der Waals surface area contributed by atoms with E-state index in [2.05, 4.69) is 38.4 Å². The normalized spacial score (nSPS) is 20.1. The third kappa shape index (κ3) is 2.60. The van der Waals surface area contributed by atoms with Crippen LogP contribution in [0.3, 0.4) is 0 Å². The Bertz CT molecular complexity index is 820. The van der Waals surface area contributed by atoms with E-state index in [0.717, 1.165) is 41.1 Å². The Kier molecular flexibility index (Phi) is 4.02. The standard InChI is InChI=1S/C17H18BrN3O2S/c1-2-21-6-5-10-13(8-21)24-17-14(10)16(23)19-15(20-17)11-7-9(18)3-4-12(11)22/h3-4,7,15,20,22H,2,5-6,8H2,1H3,(H,19,23). The number of phenolic OH excluding ortho intramolecular Hbond substituents is 1. The molecule has 0 bridgehead atoms. The predicted molar refractivity (Wildman–Crippen MR) is 98.6 cm³/mol. The number of hydrogen-bond acceptors (Lipinski definition) is 5. The molecule has 4 rings (SSSR count). The van der Waals surface area contributed by atoms with Crippen LogP contribution < -0.4 is 10.6 Å². The third-order valence-corrected chi connectivity index (χ3v) is 6.30. The highest BCUT2D eigenvalue weighted by Crippen LogP contribution is 2.41. The fraction of sp³-hybridized carbons (Fsp3) is 0.353. The molecule has 3 N–H and O–H groups in total. The number of nitrogens with one attached hydrogen (secondary N) is 2. The maximum atomic E-state index is 12.7. The van der Waals surface area contributed by atoms with Crippen LogP contribution in [-0.2, 0) is 13.0 Å². The molecule has 1 amide bonds. The lowest BCUT2D eigenvalue weighted by Crippen LogP contribution is -2.38. The first-order valence-electron chi connectivity index (χ1n) is 7.99. The lowest BCUT2D eigenvalue weighted by atomic mass is 10.00. The van der Waals surface area contributed by atoms with Crippen LogP contribution in [0.5, 0.6) is 5.75 Å². The van der Waals surface area contributed by atoms with Gasteiger partial charge < -0.3 is 15.7 Å². The van der Waals surface area contributed by atoms with E-state index in [0.29, 0.717) is 5.56 Å². The molecule has 0 spiro atoms. The number of thiophene rings is 1. The van der Waals surface area contributed by atoms with Crippen molar-refractivity contribution in [1.82, 2.24) is 10.2 Å². The fourth-order valence-electron chi connectivity index (χ4n) is 3.35. The summed E-state index contributed by atoms with van der Waals surface area (Å²) in [6.07, 6.45) is 0.488. The summed E-state index contributed by atoms with van der Waals surface area (Å²) in [6, 6.07) is 5.23. The van der Waals surface area contributed by atoms with Crippen molar-refractivity contribution in [2.24, 2.45) is 0 Å². The quantitative estimate of drug-likeness (QED) is 0.713. The van der Waals surface area contributed by atoms with Crippen molar-refractivity contribution in [3.05, 3.63) is 44.2 Å². The van der Waals surface area contributed by atoms with Crippen molar-refractivity contribution in [2.45, 2.75) is 26.1 Å². The van der Waals surface area contributed by atoms with E-state index < -0.39 is 6.17 Å². The van der Waals surface area contributed by atoms with Crippen molar-refractivity contribution in [3.8, 4) is 5.75 Å². The second kappa shape index (κ2) is 6.06. The number of amides is 1. The molecule has 1 unspecified atom stereocenters. The molecule has 0 saturated carbocycles. The lowest BCUT2D eigenvalue weighted by molar-refractivity contribution is 0.0934. The van der Waals surface area contributed by atoms with Gasteiger partial charge in [-0.1, -0.05) is 22.9 Å². The van der Waals surface area contributed by atoms with E-state index in [-0.39, 0.29) is 11.7 Å². The van der Waals surface area contributed by atoms with Crippen LogP contribution in [-0.4, -0.2) is 29.0 Å². The van der Waals surface area contributed by atoms with E-state index >= 15 is 0 Å². The molecule has 1 aromatic heterocycles. The maximum Gasteiger partial charge on any atom is 0.256 e. The molecule has 0 radical (unpaired) electrons. The van der Waals surface area contributed by atoms with Gasteiger partial charge in [-0.25, -0.2) is 0 Å². The molecule has 1 atom stereocenters. The Balaban J connectivity index is 1.70. The number of phenols is 1. The van der Waals surface area contributed by atoms with Gasteiger partial charge in [-0.2, -0.15) is 0 Å². The number of hydrogen-bond donors (Lipinski definition) is 3. The summed E-state index contributed by atoms with van der Waals surface area (Å²) in [5.74, 6) is 0.105. The minimum absolute atomic E-state index is 0.0597. The number of benzene rings is 1. The molecule has 2 aliphatic rings. The van der Waals surface area contributed by atoms with Gasteiger partial charge in [0.25, 0.3) is 5.91 Å². The number of anilines is 1. The first-order chi connectivity index (χ1) is 11.6. The number of carbonyl (C=O) groups excluding carboxylic acids is 1. The minimum Gasteiger partial charge on any atom is -0.508 e. The van der Waals surface area contributed by atoms with E-state index in [9.17, 15) is 9.90 Å². The van der Waals surface area contributed by atoms with E-state index in [4.69, 9.17) is 0 Å². The lowest BCUT2D eigenvalue weighted by Gasteiger charge is -2.28. The topological polar surface area (TPSA) is 64.6 Å². The van der Waals surface area contributed by atoms with Gasteiger partial charge in [0.2, 0.25) is 0 Å². The molecule has 0 saturated heterocycles. The van der Waals surface area contributed by atoms with Gasteiger partial charge in [-0.05, 0) is 36.7 Å². The molecule has 3 heterocycles. The number of aromatic hydroxyl groups is 1. The SMILES string of the molecule is CCN1CCc2c(sc3c2C(=O)NC(c2cc(Br)ccc2O)N3)C1. The Hall–Kier alpha value is -1.57. The molecular weight excluding hydrogens is 390 g/mol. The fourth-order valence-corrected chi connectivity index (χ4v) is 5.05. The summed E-state index contributed by atoms with van der Waals surface area (Å²) in [5, 5.41) is 17.4. The van der Waals surface area contributed by atoms with Crippen LogP contribution in [0.15, 0.2) is 22.7 Å². The molecular formula is C17H18BrN3O2S. The predicted octanol–water partition coefficient (Wildman–Crippen LogP) is 3.45. The number of halogens is 1. The zero-order valence-electron chi connectivity index (χ0n) is 13.2. The van der Waals surface area contributed by atoms with Crippen molar-refractivity contribution in [2.75, 3.05) is 18.4 Å². The summed E-state index contributed by atoms with van der Waals surface area (Å²) < 4.78 is 0.862. The van der Waals surface area contributed by atoms with Crippen molar-refractivity contribution >= 4 is 38.2 Å². The molecule has 2 aromatic rings. The Morgan fingerprint density at radius 1 is 1.42 bits per heavy atom. The third-order valence-electron chi connectivity index (χ3n) is 4.66. The molecule has 7 heteroatoms. The molecule has 2 aliphatic heterocycles. The Labute approximate surface area is 152 Å². The second-order valence-corrected chi connectivity index (χ2v) is 8.10. The van der Waals surface area contributed by atoms with Crippen molar-refractivity contribution in [1.29, 1.82) is 0 Å². The maximum absolute atomic E-state index is 12.7. The average molecular weight is 408 g/mol. The van der Waals surface area contributed by atoms with Gasteiger partial charge in [0.15, 0.2) is 0 Å². The summed E-state index contributed by atoms with van der Waals surface area (Å²) in [5.41, 5.74) is 2.63. The van der Waals surface area contributed by atoms with Crippen LogP contribution in [0.4, 0.5) is 5.00 Å². The van der Waals surface area contributed by atoms with Crippen LogP contribution in [0.25, 0.3) is 0 Å². The van der Waals surface area contributed by atoms with E-state index in [1.807, 2.05) is 6.07 Å². The van der Waals surface area contributed by atoms with Crippen LogP contribution >= 0.6 is 27.3 Å². The van der Waals surface area contributed by atoms with Gasteiger partial charge in [-0.15, -0.1) is 11.3 Å². The minimum atomic E-state index is -0.426. The number of likely N-dealkylation sites (N-methyl/N-ethyl adjacent to an activating group) is 1.